The number of anilines is 1. The molecule has 0 saturated heterocycles. The Kier molecular flexibility index (Phi) is 3.30. The normalized spacial score (nSPS) is 17.3. The Labute approximate surface area is 106 Å². The van der Waals surface area contributed by atoms with E-state index in [2.05, 4.69) is 0 Å². The summed E-state index contributed by atoms with van der Waals surface area (Å²) in [5.74, 6) is -0.986. The van der Waals surface area contributed by atoms with E-state index in [9.17, 15) is 13.2 Å². The Morgan fingerprint density at radius 2 is 2.17 bits per heavy atom. The molecule has 0 bridgehead atoms. The highest BCUT2D eigenvalue weighted by Gasteiger charge is 2.29. The van der Waals surface area contributed by atoms with Gasteiger partial charge in [-0.2, -0.15) is 0 Å². The Balaban J connectivity index is 2.51. The van der Waals surface area contributed by atoms with E-state index in [1.807, 2.05) is 13.0 Å². The Hall–Kier alpha value is -1.56. The number of aryl methyl sites for hydroxylation is 1. The first-order valence-corrected chi connectivity index (χ1v) is 7.41. The van der Waals surface area contributed by atoms with Gasteiger partial charge in [0.15, 0.2) is 9.84 Å². The van der Waals surface area contributed by atoms with Gasteiger partial charge in [0.25, 0.3) is 0 Å². The summed E-state index contributed by atoms with van der Waals surface area (Å²) in [6.07, 6.45) is 0.752. The zero-order valence-corrected chi connectivity index (χ0v) is 10.9. The zero-order chi connectivity index (χ0) is 13.3. The van der Waals surface area contributed by atoms with E-state index in [1.165, 1.54) is 0 Å². The predicted molar refractivity (Wildman–Crippen MR) is 67.7 cm³/mol. The summed E-state index contributed by atoms with van der Waals surface area (Å²) in [5.41, 5.74) is 1.44. The SMILES string of the molecule is CCc1ccc2c(c1)S(=O)(=O)CCN2CC(=O)O. The summed E-state index contributed by atoms with van der Waals surface area (Å²) in [6, 6.07) is 5.20. The van der Waals surface area contributed by atoms with Crippen LogP contribution in [0.3, 0.4) is 0 Å². The lowest BCUT2D eigenvalue weighted by Gasteiger charge is -2.29. The number of sulfone groups is 1. The largest absolute Gasteiger partial charge is 0.480 e. The van der Waals surface area contributed by atoms with Crippen molar-refractivity contribution in [3.8, 4) is 0 Å². The lowest BCUT2D eigenvalue weighted by Crippen LogP contribution is -2.38. The molecule has 1 aromatic carbocycles. The van der Waals surface area contributed by atoms with Crippen molar-refractivity contribution in [3.63, 3.8) is 0 Å². The Bertz CT molecular complexity index is 580. The van der Waals surface area contributed by atoms with E-state index < -0.39 is 15.8 Å². The molecule has 0 fully saturated rings. The summed E-state index contributed by atoms with van der Waals surface area (Å²) < 4.78 is 24.0. The van der Waals surface area contributed by atoms with Crippen molar-refractivity contribution in [2.45, 2.75) is 18.2 Å². The molecule has 1 heterocycles. The summed E-state index contributed by atoms with van der Waals surface area (Å²) in [6.45, 7) is 2.01. The third-order valence-corrected chi connectivity index (χ3v) is 4.78. The highest BCUT2D eigenvalue weighted by molar-refractivity contribution is 7.91. The van der Waals surface area contributed by atoms with Crippen molar-refractivity contribution >= 4 is 21.5 Å². The second-order valence-electron chi connectivity index (χ2n) is 4.29. The number of carboxylic acid groups (broad SMARTS) is 1. The van der Waals surface area contributed by atoms with Crippen LogP contribution >= 0.6 is 0 Å². The fraction of sp³-hybridized carbons (Fsp3) is 0.417. The molecule has 0 radical (unpaired) electrons. The molecule has 1 N–H and O–H groups in total. The van der Waals surface area contributed by atoms with Gasteiger partial charge in [0.2, 0.25) is 0 Å². The number of aliphatic carboxylic acids is 1. The first-order valence-electron chi connectivity index (χ1n) is 5.76. The van der Waals surface area contributed by atoms with Crippen LogP contribution in [0.15, 0.2) is 23.1 Å². The third-order valence-electron chi connectivity index (χ3n) is 3.06. The maximum absolute atomic E-state index is 12.0. The fourth-order valence-electron chi connectivity index (χ4n) is 2.08. The van der Waals surface area contributed by atoms with E-state index in [0.29, 0.717) is 5.69 Å². The molecule has 0 atom stereocenters. The summed E-state index contributed by atoms with van der Waals surface area (Å²) in [7, 11) is -3.28. The topological polar surface area (TPSA) is 74.7 Å². The van der Waals surface area contributed by atoms with Crippen LogP contribution < -0.4 is 4.90 Å². The van der Waals surface area contributed by atoms with Crippen molar-refractivity contribution in [1.29, 1.82) is 0 Å². The average molecular weight is 269 g/mol. The maximum atomic E-state index is 12.0. The lowest BCUT2D eigenvalue weighted by molar-refractivity contribution is -0.135. The average Bonchev–Trinajstić information content (AvgIpc) is 2.32. The predicted octanol–water partition coefficient (Wildman–Crippen LogP) is 0.927. The zero-order valence-electron chi connectivity index (χ0n) is 10.1. The molecule has 0 saturated carbocycles. The van der Waals surface area contributed by atoms with Crippen molar-refractivity contribution in [3.05, 3.63) is 23.8 Å². The van der Waals surface area contributed by atoms with Crippen LogP contribution in [0.1, 0.15) is 12.5 Å². The van der Waals surface area contributed by atoms with Crippen LogP contribution in [-0.4, -0.2) is 38.3 Å². The minimum atomic E-state index is -3.28. The first-order chi connectivity index (χ1) is 8.44. The minimum absolute atomic E-state index is 0.0273. The van der Waals surface area contributed by atoms with Crippen molar-refractivity contribution < 1.29 is 18.3 Å². The van der Waals surface area contributed by atoms with E-state index in [0.717, 1.165) is 12.0 Å². The molecular weight excluding hydrogens is 254 g/mol. The molecule has 1 aromatic rings. The Morgan fingerprint density at radius 1 is 1.44 bits per heavy atom. The monoisotopic (exact) mass is 269 g/mol. The number of hydrogen-bond acceptors (Lipinski definition) is 4. The summed E-state index contributed by atoms with van der Waals surface area (Å²) >= 11 is 0. The Morgan fingerprint density at radius 3 is 2.78 bits per heavy atom. The molecule has 1 aliphatic rings. The molecule has 0 amide bonds. The number of carbonyl (C=O) groups is 1. The molecule has 0 aliphatic carbocycles. The number of benzene rings is 1. The van der Waals surface area contributed by atoms with Crippen LogP contribution in [0.4, 0.5) is 5.69 Å². The molecule has 0 aromatic heterocycles. The van der Waals surface area contributed by atoms with E-state index >= 15 is 0 Å². The number of carboxylic acids is 1. The molecule has 18 heavy (non-hydrogen) atoms. The van der Waals surface area contributed by atoms with Gasteiger partial charge in [0.05, 0.1) is 16.3 Å². The summed E-state index contributed by atoms with van der Waals surface area (Å²) in [4.78, 5) is 12.6. The van der Waals surface area contributed by atoms with Crippen LogP contribution in [0.25, 0.3) is 0 Å². The molecule has 0 unspecified atom stereocenters. The van der Waals surface area contributed by atoms with E-state index in [1.54, 1.807) is 17.0 Å². The number of rotatable bonds is 3. The quantitative estimate of drug-likeness (QED) is 0.883. The smallest absolute Gasteiger partial charge is 0.323 e. The van der Waals surface area contributed by atoms with Gasteiger partial charge in [-0.3, -0.25) is 4.79 Å². The van der Waals surface area contributed by atoms with Crippen LogP contribution in [-0.2, 0) is 21.1 Å². The van der Waals surface area contributed by atoms with Gasteiger partial charge in [-0.25, -0.2) is 8.42 Å². The van der Waals surface area contributed by atoms with Gasteiger partial charge in [-0.05, 0) is 24.1 Å². The highest BCUT2D eigenvalue weighted by atomic mass is 32.2. The lowest BCUT2D eigenvalue weighted by atomic mass is 10.1. The highest BCUT2D eigenvalue weighted by Crippen LogP contribution is 2.31. The van der Waals surface area contributed by atoms with E-state index in [-0.39, 0.29) is 23.7 Å². The van der Waals surface area contributed by atoms with Crippen molar-refractivity contribution in [2.24, 2.45) is 0 Å². The van der Waals surface area contributed by atoms with Crippen molar-refractivity contribution in [2.75, 3.05) is 23.7 Å². The maximum Gasteiger partial charge on any atom is 0.323 e. The minimum Gasteiger partial charge on any atom is -0.480 e. The van der Waals surface area contributed by atoms with Crippen LogP contribution in [0.2, 0.25) is 0 Å². The van der Waals surface area contributed by atoms with E-state index in [4.69, 9.17) is 5.11 Å². The third kappa shape index (κ3) is 2.33. The molecule has 5 nitrogen and oxygen atoms in total. The standard InChI is InChI=1S/C12H15NO4S/c1-2-9-3-4-10-11(7-9)18(16,17)6-5-13(10)8-12(14)15/h3-4,7H,2,5-6,8H2,1H3,(H,14,15). The second-order valence-corrected chi connectivity index (χ2v) is 6.37. The molecular formula is C12H15NO4S. The van der Waals surface area contributed by atoms with Crippen LogP contribution in [0.5, 0.6) is 0 Å². The van der Waals surface area contributed by atoms with Gasteiger partial charge in [-0.1, -0.05) is 13.0 Å². The van der Waals surface area contributed by atoms with Gasteiger partial charge in [0.1, 0.15) is 6.54 Å². The molecule has 6 heteroatoms. The fourth-order valence-corrected chi connectivity index (χ4v) is 3.60. The van der Waals surface area contributed by atoms with Crippen molar-refractivity contribution in [1.82, 2.24) is 0 Å². The van der Waals surface area contributed by atoms with Crippen LogP contribution in [0, 0.1) is 0 Å². The van der Waals surface area contributed by atoms with Gasteiger partial charge in [-0.15, -0.1) is 0 Å². The number of hydrogen-bond donors (Lipinski definition) is 1. The van der Waals surface area contributed by atoms with Gasteiger partial charge in [0, 0.05) is 6.54 Å². The number of nitrogens with zero attached hydrogens (tertiary/aromatic N) is 1. The summed E-state index contributed by atoms with van der Waals surface area (Å²) in [5, 5.41) is 8.83. The van der Waals surface area contributed by atoms with Gasteiger partial charge < -0.3 is 10.0 Å². The molecule has 98 valence electrons. The second kappa shape index (κ2) is 4.61. The van der Waals surface area contributed by atoms with Gasteiger partial charge >= 0.3 is 5.97 Å². The molecule has 2 rings (SSSR count). The first kappa shape index (κ1) is 12.9. The molecule has 1 aliphatic heterocycles. The molecule has 0 spiro atoms. The number of fused-ring (bicyclic) bond motifs is 1.